The number of fused-ring (bicyclic) bond motifs is 1. The maximum atomic E-state index is 12.6. The molecule has 3 heterocycles. The number of nitrogens with one attached hydrogen (secondary N) is 1. The number of thiophene rings is 1. The van der Waals surface area contributed by atoms with Crippen molar-refractivity contribution in [2.45, 2.75) is 46.1 Å². The molecule has 0 aliphatic heterocycles. The molecule has 8 heteroatoms. The molecule has 0 radical (unpaired) electrons. The van der Waals surface area contributed by atoms with Crippen molar-refractivity contribution in [3.8, 4) is 6.07 Å². The zero-order chi connectivity index (χ0) is 19.8. The second-order valence-electron chi connectivity index (χ2n) is 6.89. The molecule has 1 aliphatic carbocycles. The third-order valence-corrected chi connectivity index (χ3v) is 7.35. The Morgan fingerprint density at radius 3 is 2.89 bits per heavy atom. The maximum Gasteiger partial charge on any atom is 0.292 e. The number of anilines is 1. The van der Waals surface area contributed by atoms with E-state index in [0.717, 1.165) is 47.1 Å². The van der Waals surface area contributed by atoms with Crippen molar-refractivity contribution >= 4 is 38.2 Å². The number of hydrogen-bond donors (Lipinski definition) is 1. The molecule has 0 saturated carbocycles. The third-order valence-electron chi connectivity index (χ3n) is 4.99. The average molecular weight is 459 g/mol. The van der Waals surface area contributed by atoms with Crippen LogP contribution in [0.15, 0.2) is 21.0 Å². The van der Waals surface area contributed by atoms with Crippen LogP contribution in [0, 0.1) is 25.2 Å². The van der Waals surface area contributed by atoms with Crippen LogP contribution in [0.25, 0.3) is 0 Å². The Hall–Kier alpha value is -2.37. The van der Waals surface area contributed by atoms with Gasteiger partial charge in [0.1, 0.15) is 16.8 Å². The maximum absolute atomic E-state index is 12.6. The van der Waals surface area contributed by atoms with Crippen LogP contribution in [0.1, 0.15) is 56.5 Å². The van der Waals surface area contributed by atoms with Crippen LogP contribution in [0.4, 0.5) is 5.00 Å². The topological polar surface area (TPSA) is 83.9 Å². The molecule has 4 rings (SSSR count). The molecule has 1 N–H and O–H groups in total. The SMILES string of the molecule is Cc1nn(Cc2ccc(C(=O)Nc3sc4c(c3C#N)CCCC4)o2)c(C)c1Br. The highest BCUT2D eigenvalue weighted by molar-refractivity contribution is 9.10. The van der Waals surface area contributed by atoms with Gasteiger partial charge in [0, 0.05) is 4.88 Å². The zero-order valence-corrected chi connectivity index (χ0v) is 18.0. The summed E-state index contributed by atoms with van der Waals surface area (Å²) in [5.41, 5.74) is 3.62. The molecular formula is C20H19BrN4O2S. The number of halogens is 1. The van der Waals surface area contributed by atoms with E-state index in [9.17, 15) is 10.1 Å². The molecule has 1 aliphatic rings. The molecule has 0 saturated heterocycles. The Bertz CT molecular complexity index is 1100. The average Bonchev–Trinajstić information content (AvgIpc) is 3.35. The fourth-order valence-electron chi connectivity index (χ4n) is 3.50. The standard InChI is InChI=1S/C20H19BrN4O2S/c1-11-18(21)12(2)25(24-11)10-13-7-8-16(27-13)19(26)23-20-15(9-22)14-5-3-4-6-17(14)28-20/h7-8H,3-6,10H2,1-2H3,(H,23,26). The van der Waals surface area contributed by atoms with Crippen LogP contribution in [0.2, 0.25) is 0 Å². The van der Waals surface area contributed by atoms with Crippen molar-refractivity contribution in [3.05, 3.63) is 55.5 Å². The first kappa shape index (κ1) is 19.0. The largest absolute Gasteiger partial charge is 0.454 e. The highest BCUT2D eigenvalue weighted by Crippen LogP contribution is 2.37. The molecule has 0 bridgehead atoms. The van der Waals surface area contributed by atoms with Gasteiger partial charge in [-0.25, -0.2) is 0 Å². The second kappa shape index (κ2) is 7.57. The number of rotatable bonds is 4. The van der Waals surface area contributed by atoms with Crippen LogP contribution in [-0.4, -0.2) is 15.7 Å². The summed E-state index contributed by atoms with van der Waals surface area (Å²) in [6.45, 7) is 4.35. The van der Waals surface area contributed by atoms with E-state index < -0.39 is 0 Å². The molecule has 1 amide bonds. The molecule has 0 aromatic carbocycles. The molecule has 0 atom stereocenters. The molecule has 0 spiro atoms. The summed E-state index contributed by atoms with van der Waals surface area (Å²) >= 11 is 5.02. The number of carbonyl (C=O) groups is 1. The van der Waals surface area contributed by atoms with Crippen LogP contribution in [-0.2, 0) is 19.4 Å². The molecule has 3 aromatic rings. The predicted octanol–water partition coefficient (Wildman–Crippen LogP) is 4.97. The molecule has 144 valence electrons. The van der Waals surface area contributed by atoms with Crippen LogP contribution in [0.5, 0.6) is 0 Å². The van der Waals surface area contributed by atoms with Crippen molar-refractivity contribution in [2.24, 2.45) is 0 Å². The third kappa shape index (κ3) is 3.40. The Morgan fingerprint density at radius 1 is 1.39 bits per heavy atom. The van der Waals surface area contributed by atoms with Gasteiger partial charge in [-0.3, -0.25) is 9.48 Å². The monoisotopic (exact) mass is 458 g/mol. The number of nitriles is 1. The lowest BCUT2D eigenvalue weighted by Crippen LogP contribution is -2.11. The van der Waals surface area contributed by atoms with Crippen LogP contribution >= 0.6 is 27.3 Å². The van der Waals surface area contributed by atoms with Gasteiger partial charge in [-0.2, -0.15) is 10.4 Å². The lowest BCUT2D eigenvalue weighted by atomic mass is 9.96. The van der Waals surface area contributed by atoms with E-state index >= 15 is 0 Å². The molecule has 0 unspecified atom stereocenters. The van der Waals surface area contributed by atoms with Gasteiger partial charge in [-0.1, -0.05) is 0 Å². The van der Waals surface area contributed by atoms with E-state index in [1.807, 2.05) is 18.5 Å². The number of aromatic nitrogens is 2. The summed E-state index contributed by atoms with van der Waals surface area (Å²) in [6, 6.07) is 5.70. The summed E-state index contributed by atoms with van der Waals surface area (Å²) in [6.07, 6.45) is 4.12. The van der Waals surface area contributed by atoms with E-state index in [-0.39, 0.29) is 11.7 Å². The predicted molar refractivity (Wildman–Crippen MR) is 111 cm³/mol. The lowest BCUT2D eigenvalue weighted by molar-refractivity contribution is 0.0995. The number of hydrogen-bond acceptors (Lipinski definition) is 5. The molecule has 0 fully saturated rings. The quantitative estimate of drug-likeness (QED) is 0.597. The number of furan rings is 1. The van der Waals surface area contributed by atoms with Gasteiger partial charge in [0.15, 0.2) is 5.76 Å². The van der Waals surface area contributed by atoms with Gasteiger partial charge < -0.3 is 9.73 Å². The van der Waals surface area contributed by atoms with Gasteiger partial charge >= 0.3 is 0 Å². The van der Waals surface area contributed by atoms with Crippen LogP contribution < -0.4 is 5.32 Å². The fraction of sp³-hybridized carbons (Fsp3) is 0.350. The van der Waals surface area contributed by atoms with E-state index in [1.54, 1.807) is 12.1 Å². The van der Waals surface area contributed by atoms with Crippen molar-refractivity contribution in [1.82, 2.24) is 9.78 Å². The zero-order valence-electron chi connectivity index (χ0n) is 15.6. The number of aryl methyl sites for hydroxylation is 2. The Kier molecular flexibility index (Phi) is 5.13. The van der Waals surface area contributed by atoms with Gasteiger partial charge in [0.2, 0.25) is 0 Å². The van der Waals surface area contributed by atoms with Gasteiger partial charge in [-0.15, -0.1) is 11.3 Å². The highest BCUT2D eigenvalue weighted by atomic mass is 79.9. The molecule has 28 heavy (non-hydrogen) atoms. The lowest BCUT2D eigenvalue weighted by Gasteiger charge is -2.09. The van der Waals surface area contributed by atoms with E-state index in [4.69, 9.17) is 4.42 Å². The van der Waals surface area contributed by atoms with Crippen molar-refractivity contribution in [2.75, 3.05) is 5.32 Å². The van der Waals surface area contributed by atoms with Gasteiger partial charge in [0.05, 0.1) is 28.0 Å². The normalized spacial score (nSPS) is 13.2. The molecule has 6 nitrogen and oxygen atoms in total. The summed E-state index contributed by atoms with van der Waals surface area (Å²) in [7, 11) is 0. The Balaban J connectivity index is 1.52. The van der Waals surface area contributed by atoms with E-state index in [0.29, 0.717) is 22.9 Å². The smallest absolute Gasteiger partial charge is 0.292 e. The van der Waals surface area contributed by atoms with E-state index in [1.165, 1.54) is 16.2 Å². The number of carbonyl (C=O) groups excluding carboxylic acids is 1. The Labute approximate surface area is 175 Å². The van der Waals surface area contributed by atoms with Gasteiger partial charge in [-0.05, 0) is 73.2 Å². The first-order valence-corrected chi connectivity index (χ1v) is 10.7. The van der Waals surface area contributed by atoms with Crippen molar-refractivity contribution < 1.29 is 9.21 Å². The fourth-order valence-corrected chi connectivity index (χ4v) is 5.02. The Morgan fingerprint density at radius 2 is 2.18 bits per heavy atom. The van der Waals surface area contributed by atoms with Gasteiger partial charge in [0.25, 0.3) is 5.91 Å². The second-order valence-corrected chi connectivity index (χ2v) is 8.79. The van der Waals surface area contributed by atoms with Crippen LogP contribution in [0.3, 0.4) is 0 Å². The van der Waals surface area contributed by atoms with E-state index in [2.05, 4.69) is 32.4 Å². The number of amides is 1. The van der Waals surface area contributed by atoms with Crippen molar-refractivity contribution in [3.63, 3.8) is 0 Å². The first-order chi connectivity index (χ1) is 13.5. The summed E-state index contributed by atoms with van der Waals surface area (Å²) < 4.78 is 8.54. The first-order valence-electron chi connectivity index (χ1n) is 9.12. The minimum Gasteiger partial charge on any atom is -0.454 e. The molecule has 3 aromatic heterocycles. The summed E-state index contributed by atoms with van der Waals surface area (Å²) in [5, 5.41) is 17.5. The van der Waals surface area contributed by atoms with Crippen molar-refractivity contribution in [1.29, 1.82) is 5.26 Å². The highest BCUT2D eigenvalue weighted by Gasteiger charge is 2.23. The number of nitrogens with zero attached hydrogens (tertiary/aromatic N) is 3. The minimum absolute atomic E-state index is 0.228. The minimum atomic E-state index is -0.337. The summed E-state index contributed by atoms with van der Waals surface area (Å²) in [5.74, 6) is 0.538. The summed E-state index contributed by atoms with van der Waals surface area (Å²) in [4.78, 5) is 13.9. The molecular weight excluding hydrogens is 440 g/mol.